The lowest BCUT2D eigenvalue weighted by molar-refractivity contribution is -0.156. The number of amides is 2. The van der Waals surface area contributed by atoms with Crippen LogP contribution < -0.4 is 0 Å². The quantitative estimate of drug-likeness (QED) is 0.616. The molecule has 0 spiro atoms. The van der Waals surface area contributed by atoms with Gasteiger partial charge in [0.2, 0.25) is 0 Å². The molecule has 1 fully saturated rings. The van der Waals surface area contributed by atoms with Crippen LogP contribution in [-0.2, 0) is 16.1 Å². The second kappa shape index (κ2) is 6.57. The van der Waals surface area contributed by atoms with Crippen molar-refractivity contribution < 1.29 is 9.59 Å². The minimum absolute atomic E-state index is 0.424. The number of nitrogens with zero attached hydrogens (tertiary/aromatic N) is 2. The molecule has 1 saturated heterocycles. The summed E-state index contributed by atoms with van der Waals surface area (Å²) >= 11 is 5.82. The first-order valence-corrected chi connectivity index (χ1v) is 6.93. The van der Waals surface area contributed by atoms with Crippen LogP contribution in [-0.4, -0.2) is 41.2 Å². The van der Waals surface area contributed by atoms with Crippen molar-refractivity contribution in [2.75, 3.05) is 19.6 Å². The third-order valence-corrected chi connectivity index (χ3v) is 3.54. The van der Waals surface area contributed by atoms with E-state index in [1.54, 1.807) is 28.0 Å². The molecule has 1 aromatic carbocycles. The minimum atomic E-state index is -0.435. The molecule has 0 bridgehead atoms. The average molecular weight is 293 g/mol. The van der Waals surface area contributed by atoms with Gasteiger partial charge < -0.3 is 9.80 Å². The van der Waals surface area contributed by atoms with Gasteiger partial charge in [-0.15, -0.1) is 6.58 Å². The normalized spacial score (nSPS) is 15.7. The molecule has 0 saturated carbocycles. The maximum absolute atomic E-state index is 12.1. The maximum Gasteiger partial charge on any atom is 0.312 e. The highest BCUT2D eigenvalue weighted by Crippen LogP contribution is 2.14. The summed E-state index contributed by atoms with van der Waals surface area (Å²) < 4.78 is 0. The monoisotopic (exact) mass is 292 g/mol. The first kappa shape index (κ1) is 14.6. The molecule has 0 atom stereocenters. The standard InChI is InChI=1S/C15H17ClN2O2/c1-2-3-8-17-9-10-18(15(20)14(17)19)11-12-4-6-13(16)7-5-12/h2,4-7H,1,3,8-11H2. The van der Waals surface area contributed by atoms with E-state index in [0.29, 0.717) is 37.6 Å². The molecular weight excluding hydrogens is 276 g/mol. The Bertz CT molecular complexity index is 513. The van der Waals surface area contributed by atoms with Gasteiger partial charge in [0.1, 0.15) is 0 Å². The Hall–Kier alpha value is -1.81. The van der Waals surface area contributed by atoms with Gasteiger partial charge in [-0.2, -0.15) is 0 Å². The van der Waals surface area contributed by atoms with Crippen LogP contribution in [0.2, 0.25) is 5.02 Å². The highest BCUT2D eigenvalue weighted by molar-refractivity contribution is 6.35. The van der Waals surface area contributed by atoms with Gasteiger partial charge in [0, 0.05) is 31.2 Å². The fourth-order valence-electron chi connectivity index (χ4n) is 2.14. The van der Waals surface area contributed by atoms with Gasteiger partial charge in [-0.25, -0.2) is 0 Å². The molecule has 4 nitrogen and oxygen atoms in total. The fraction of sp³-hybridized carbons (Fsp3) is 0.333. The predicted octanol–water partition coefficient (Wildman–Crippen LogP) is 2.09. The third kappa shape index (κ3) is 3.39. The van der Waals surface area contributed by atoms with Gasteiger partial charge in [-0.3, -0.25) is 9.59 Å². The average Bonchev–Trinajstić information content (AvgIpc) is 2.45. The molecule has 2 amide bonds. The zero-order valence-electron chi connectivity index (χ0n) is 11.2. The Kier molecular flexibility index (Phi) is 4.79. The molecule has 20 heavy (non-hydrogen) atoms. The summed E-state index contributed by atoms with van der Waals surface area (Å²) in [6.07, 6.45) is 2.45. The van der Waals surface area contributed by atoms with Crippen molar-refractivity contribution in [1.82, 2.24) is 9.80 Å². The molecule has 1 aliphatic rings. The minimum Gasteiger partial charge on any atom is -0.332 e. The van der Waals surface area contributed by atoms with Crippen molar-refractivity contribution in [3.05, 3.63) is 47.5 Å². The second-order valence-electron chi connectivity index (χ2n) is 4.72. The molecule has 1 aliphatic heterocycles. The summed E-state index contributed by atoms with van der Waals surface area (Å²) in [5.41, 5.74) is 0.968. The second-order valence-corrected chi connectivity index (χ2v) is 5.16. The van der Waals surface area contributed by atoms with Crippen LogP contribution in [0, 0.1) is 0 Å². The molecule has 0 unspecified atom stereocenters. The molecule has 5 heteroatoms. The third-order valence-electron chi connectivity index (χ3n) is 3.29. The lowest BCUT2D eigenvalue weighted by Crippen LogP contribution is -2.53. The lowest BCUT2D eigenvalue weighted by atomic mass is 10.2. The van der Waals surface area contributed by atoms with Gasteiger partial charge >= 0.3 is 11.8 Å². The zero-order chi connectivity index (χ0) is 14.5. The molecule has 2 rings (SSSR count). The van der Waals surface area contributed by atoms with Crippen molar-refractivity contribution in [2.45, 2.75) is 13.0 Å². The van der Waals surface area contributed by atoms with E-state index in [-0.39, 0.29) is 0 Å². The van der Waals surface area contributed by atoms with Crippen LogP contribution in [0.15, 0.2) is 36.9 Å². The van der Waals surface area contributed by atoms with E-state index in [4.69, 9.17) is 11.6 Å². The summed E-state index contributed by atoms with van der Waals surface area (Å²) in [7, 11) is 0. The van der Waals surface area contributed by atoms with E-state index < -0.39 is 11.8 Å². The summed E-state index contributed by atoms with van der Waals surface area (Å²) in [6.45, 7) is 5.76. The number of hydrogen-bond donors (Lipinski definition) is 0. The van der Waals surface area contributed by atoms with Crippen LogP contribution in [0.5, 0.6) is 0 Å². The van der Waals surface area contributed by atoms with Crippen LogP contribution in [0.1, 0.15) is 12.0 Å². The van der Waals surface area contributed by atoms with Crippen molar-refractivity contribution in [2.24, 2.45) is 0 Å². The van der Waals surface area contributed by atoms with E-state index >= 15 is 0 Å². The molecule has 106 valence electrons. The van der Waals surface area contributed by atoms with E-state index in [9.17, 15) is 9.59 Å². The van der Waals surface area contributed by atoms with Gasteiger partial charge in [0.05, 0.1) is 0 Å². The Morgan fingerprint density at radius 1 is 1.10 bits per heavy atom. The smallest absolute Gasteiger partial charge is 0.312 e. The highest BCUT2D eigenvalue weighted by atomic mass is 35.5. The first-order valence-electron chi connectivity index (χ1n) is 6.55. The zero-order valence-corrected chi connectivity index (χ0v) is 12.0. The fourth-order valence-corrected chi connectivity index (χ4v) is 2.26. The van der Waals surface area contributed by atoms with Gasteiger partial charge in [-0.05, 0) is 24.1 Å². The van der Waals surface area contributed by atoms with Crippen LogP contribution in [0.25, 0.3) is 0 Å². The number of piperazine rings is 1. The van der Waals surface area contributed by atoms with Crippen LogP contribution in [0.4, 0.5) is 0 Å². The number of halogens is 1. The lowest BCUT2D eigenvalue weighted by Gasteiger charge is -2.33. The van der Waals surface area contributed by atoms with Crippen molar-refractivity contribution in [3.8, 4) is 0 Å². The predicted molar refractivity (Wildman–Crippen MR) is 78.3 cm³/mol. The molecule has 0 N–H and O–H groups in total. The van der Waals surface area contributed by atoms with Gasteiger partial charge in [0.15, 0.2) is 0 Å². The largest absolute Gasteiger partial charge is 0.332 e. The molecule has 0 aliphatic carbocycles. The SMILES string of the molecule is C=CCCN1CCN(Cc2ccc(Cl)cc2)C(=O)C1=O. The number of carbonyl (C=O) groups excluding carboxylic acids is 2. The summed E-state index contributed by atoms with van der Waals surface area (Å²) in [6, 6.07) is 7.29. The Morgan fingerprint density at radius 2 is 1.70 bits per heavy atom. The Balaban J connectivity index is 1.98. The number of benzene rings is 1. The van der Waals surface area contributed by atoms with E-state index in [1.807, 2.05) is 12.1 Å². The number of hydrogen-bond acceptors (Lipinski definition) is 2. The highest BCUT2D eigenvalue weighted by Gasteiger charge is 2.31. The van der Waals surface area contributed by atoms with E-state index in [2.05, 4.69) is 6.58 Å². The molecule has 1 aromatic rings. The summed E-state index contributed by atoms with van der Waals surface area (Å²) in [5, 5.41) is 0.658. The Morgan fingerprint density at radius 3 is 2.35 bits per heavy atom. The van der Waals surface area contributed by atoms with E-state index in [1.165, 1.54) is 0 Å². The van der Waals surface area contributed by atoms with Crippen molar-refractivity contribution >= 4 is 23.4 Å². The molecular formula is C15H17ClN2O2. The molecule has 0 aromatic heterocycles. The van der Waals surface area contributed by atoms with Crippen LogP contribution >= 0.6 is 11.6 Å². The van der Waals surface area contributed by atoms with Gasteiger partial charge in [-0.1, -0.05) is 29.8 Å². The van der Waals surface area contributed by atoms with E-state index in [0.717, 1.165) is 5.56 Å². The maximum atomic E-state index is 12.1. The van der Waals surface area contributed by atoms with Crippen LogP contribution in [0.3, 0.4) is 0 Å². The topological polar surface area (TPSA) is 40.6 Å². The summed E-state index contributed by atoms with van der Waals surface area (Å²) in [5.74, 6) is -0.859. The molecule has 0 radical (unpaired) electrons. The van der Waals surface area contributed by atoms with Crippen molar-refractivity contribution in [1.29, 1.82) is 0 Å². The van der Waals surface area contributed by atoms with Gasteiger partial charge in [0.25, 0.3) is 0 Å². The van der Waals surface area contributed by atoms with Crippen molar-refractivity contribution in [3.63, 3.8) is 0 Å². The Labute approximate surface area is 123 Å². The number of carbonyl (C=O) groups is 2. The molecule has 1 heterocycles. The summed E-state index contributed by atoms with van der Waals surface area (Å²) in [4.78, 5) is 27.2. The first-order chi connectivity index (χ1) is 9.61. The number of rotatable bonds is 5.